The van der Waals surface area contributed by atoms with Crippen LogP contribution in [0.5, 0.6) is 0 Å². The minimum Gasteiger partial charge on any atom is -0.378 e. The molecular weight excluding hydrogens is 291 g/mol. The maximum absolute atomic E-state index is 12.9. The van der Waals surface area contributed by atoms with E-state index in [-0.39, 0.29) is 24.5 Å². The number of nitrogens with one attached hydrogen (secondary N) is 1. The molecule has 114 valence electrons. The molecule has 0 saturated heterocycles. The predicted molar refractivity (Wildman–Crippen MR) is 72.8 cm³/mol. The Labute approximate surface area is 125 Å². The SMILES string of the molecule is CC[C@](O)(Cn1cc(F)cn1)C(=O)Nc1cnc(C#N)nc1. The van der Waals surface area contributed by atoms with Crippen molar-refractivity contribution in [3.63, 3.8) is 0 Å². The van der Waals surface area contributed by atoms with Crippen molar-refractivity contribution in [3.8, 4) is 6.07 Å². The zero-order valence-electron chi connectivity index (χ0n) is 11.7. The van der Waals surface area contributed by atoms with E-state index in [4.69, 9.17) is 5.26 Å². The standard InChI is InChI=1S/C13H13FN6O2/c1-2-13(22,8-20-7-9(14)4-18-20)12(21)19-10-5-16-11(3-15)17-6-10/h4-7,22H,2,8H2,1H3,(H,19,21)/t13-/m0/s1. The minimum absolute atomic E-state index is 0.0317. The average Bonchev–Trinajstić information content (AvgIpc) is 2.92. The summed E-state index contributed by atoms with van der Waals surface area (Å²) < 4.78 is 14.1. The normalized spacial score (nSPS) is 13.2. The second kappa shape index (κ2) is 6.28. The van der Waals surface area contributed by atoms with Gasteiger partial charge in [0.2, 0.25) is 5.82 Å². The molecule has 0 aliphatic rings. The summed E-state index contributed by atoms with van der Waals surface area (Å²) >= 11 is 0. The van der Waals surface area contributed by atoms with Crippen LogP contribution in [-0.2, 0) is 11.3 Å². The fourth-order valence-electron chi connectivity index (χ4n) is 1.73. The Morgan fingerprint density at radius 3 is 2.68 bits per heavy atom. The smallest absolute Gasteiger partial charge is 0.258 e. The van der Waals surface area contributed by atoms with Crippen molar-refractivity contribution in [1.82, 2.24) is 19.7 Å². The van der Waals surface area contributed by atoms with Gasteiger partial charge in [0.05, 0.1) is 37.0 Å². The van der Waals surface area contributed by atoms with Crippen LogP contribution in [0, 0.1) is 17.1 Å². The third-order valence-electron chi connectivity index (χ3n) is 3.04. The van der Waals surface area contributed by atoms with Crippen molar-refractivity contribution < 1.29 is 14.3 Å². The zero-order valence-corrected chi connectivity index (χ0v) is 11.7. The maximum Gasteiger partial charge on any atom is 0.258 e. The number of hydrogen-bond acceptors (Lipinski definition) is 6. The van der Waals surface area contributed by atoms with E-state index < -0.39 is 17.3 Å². The minimum atomic E-state index is -1.77. The summed E-state index contributed by atoms with van der Waals surface area (Å²) in [6, 6.07) is 1.75. The van der Waals surface area contributed by atoms with E-state index in [1.807, 2.05) is 0 Å². The first-order valence-corrected chi connectivity index (χ1v) is 6.41. The van der Waals surface area contributed by atoms with Crippen LogP contribution in [-0.4, -0.2) is 36.4 Å². The van der Waals surface area contributed by atoms with Gasteiger partial charge >= 0.3 is 0 Å². The lowest BCUT2D eigenvalue weighted by Crippen LogP contribution is -2.46. The van der Waals surface area contributed by atoms with E-state index in [0.29, 0.717) is 0 Å². The number of aromatic nitrogens is 4. The number of aliphatic hydroxyl groups is 1. The fourth-order valence-corrected chi connectivity index (χ4v) is 1.73. The third kappa shape index (κ3) is 3.42. The van der Waals surface area contributed by atoms with Crippen molar-refractivity contribution in [2.45, 2.75) is 25.5 Å². The van der Waals surface area contributed by atoms with Crippen LogP contribution in [0.25, 0.3) is 0 Å². The molecule has 0 saturated carbocycles. The molecule has 2 aromatic heterocycles. The van der Waals surface area contributed by atoms with Crippen molar-refractivity contribution in [2.24, 2.45) is 0 Å². The molecule has 0 aromatic carbocycles. The van der Waals surface area contributed by atoms with E-state index in [0.717, 1.165) is 17.1 Å². The topological polar surface area (TPSA) is 117 Å². The summed E-state index contributed by atoms with van der Waals surface area (Å²) in [4.78, 5) is 19.6. The summed E-state index contributed by atoms with van der Waals surface area (Å²) in [5.74, 6) is -1.28. The summed E-state index contributed by atoms with van der Waals surface area (Å²) in [6.07, 6.45) is 4.68. The molecule has 22 heavy (non-hydrogen) atoms. The first-order chi connectivity index (χ1) is 10.5. The Balaban J connectivity index is 2.11. The molecular formula is C13H13FN6O2. The first-order valence-electron chi connectivity index (χ1n) is 6.41. The molecule has 0 radical (unpaired) electrons. The molecule has 0 unspecified atom stereocenters. The number of carbonyl (C=O) groups is 1. The molecule has 0 bridgehead atoms. The molecule has 2 aromatic rings. The molecule has 2 heterocycles. The van der Waals surface area contributed by atoms with Crippen molar-refractivity contribution >= 4 is 11.6 Å². The van der Waals surface area contributed by atoms with Crippen LogP contribution in [0.1, 0.15) is 19.2 Å². The zero-order chi connectivity index (χ0) is 16.2. The van der Waals surface area contributed by atoms with Crippen molar-refractivity contribution in [3.05, 3.63) is 36.4 Å². The predicted octanol–water partition coefficient (Wildman–Crippen LogP) is 0.464. The molecule has 2 rings (SSSR count). The molecule has 8 nitrogen and oxygen atoms in total. The molecule has 0 aliphatic carbocycles. The molecule has 9 heteroatoms. The van der Waals surface area contributed by atoms with Gasteiger partial charge in [0, 0.05) is 0 Å². The van der Waals surface area contributed by atoms with Crippen LogP contribution < -0.4 is 5.32 Å². The highest BCUT2D eigenvalue weighted by Gasteiger charge is 2.35. The van der Waals surface area contributed by atoms with E-state index in [2.05, 4.69) is 20.4 Å². The Kier molecular flexibility index (Phi) is 4.43. The highest BCUT2D eigenvalue weighted by atomic mass is 19.1. The molecule has 1 amide bonds. The second-order valence-corrected chi connectivity index (χ2v) is 4.60. The van der Waals surface area contributed by atoms with Gasteiger partial charge in [-0.1, -0.05) is 6.92 Å². The van der Waals surface area contributed by atoms with Gasteiger partial charge in [-0.15, -0.1) is 0 Å². The number of nitriles is 1. The Hall–Kier alpha value is -2.86. The molecule has 1 atom stereocenters. The van der Waals surface area contributed by atoms with E-state index in [9.17, 15) is 14.3 Å². The van der Waals surface area contributed by atoms with Crippen LogP contribution in [0.3, 0.4) is 0 Å². The lowest BCUT2D eigenvalue weighted by atomic mass is 9.99. The second-order valence-electron chi connectivity index (χ2n) is 4.60. The van der Waals surface area contributed by atoms with Crippen LogP contribution in [0.2, 0.25) is 0 Å². The van der Waals surface area contributed by atoms with Crippen molar-refractivity contribution in [2.75, 3.05) is 5.32 Å². The molecule has 0 aliphatic heterocycles. The Morgan fingerprint density at radius 2 is 2.18 bits per heavy atom. The van der Waals surface area contributed by atoms with Gasteiger partial charge in [0.25, 0.3) is 5.91 Å². The number of carbonyl (C=O) groups excluding carboxylic acids is 1. The van der Waals surface area contributed by atoms with Crippen LogP contribution in [0.4, 0.5) is 10.1 Å². The quantitative estimate of drug-likeness (QED) is 0.829. The third-order valence-corrected chi connectivity index (χ3v) is 3.04. The number of hydrogen-bond donors (Lipinski definition) is 2. The first kappa shape index (κ1) is 15.5. The van der Waals surface area contributed by atoms with Gasteiger partial charge in [-0.2, -0.15) is 10.4 Å². The molecule has 0 fully saturated rings. The number of anilines is 1. The molecule has 2 N–H and O–H groups in total. The monoisotopic (exact) mass is 304 g/mol. The number of amides is 1. The van der Waals surface area contributed by atoms with Gasteiger partial charge in [-0.25, -0.2) is 14.4 Å². The van der Waals surface area contributed by atoms with E-state index >= 15 is 0 Å². The number of nitrogens with zero attached hydrogens (tertiary/aromatic N) is 5. The summed E-state index contributed by atoms with van der Waals surface area (Å²) in [5.41, 5.74) is -1.53. The lowest BCUT2D eigenvalue weighted by molar-refractivity contribution is -0.136. The highest BCUT2D eigenvalue weighted by molar-refractivity contribution is 5.96. The van der Waals surface area contributed by atoms with Gasteiger partial charge in [-0.3, -0.25) is 9.48 Å². The Morgan fingerprint density at radius 1 is 1.50 bits per heavy atom. The fraction of sp³-hybridized carbons (Fsp3) is 0.308. The summed E-state index contributed by atoms with van der Waals surface area (Å²) in [6.45, 7) is 1.42. The largest absolute Gasteiger partial charge is 0.378 e. The van der Waals surface area contributed by atoms with Crippen LogP contribution in [0.15, 0.2) is 24.8 Å². The van der Waals surface area contributed by atoms with Gasteiger partial charge in [0.15, 0.2) is 11.4 Å². The summed E-state index contributed by atoms with van der Waals surface area (Å²) in [7, 11) is 0. The summed E-state index contributed by atoms with van der Waals surface area (Å²) in [5, 5.41) is 25.2. The van der Waals surface area contributed by atoms with Crippen LogP contribution >= 0.6 is 0 Å². The number of halogens is 1. The lowest BCUT2D eigenvalue weighted by Gasteiger charge is -2.25. The number of rotatable bonds is 5. The van der Waals surface area contributed by atoms with E-state index in [1.54, 1.807) is 13.0 Å². The Bertz CT molecular complexity index is 708. The van der Waals surface area contributed by atoms with E-state index in [1.165, 1.54) is 12.4 Å². The van der Waals surface area contributed by atoms with Gasteiger partial charge in [-0.05, 0) is 6.42 Å². The van der Waals surface area contributed by atoms with Gasteiger partial charge < -0.3 is 10.4 Å². The maximum atomic E-state index is 12.9. The highest BCUT2D eigenvalue weighted by Crippen LogP contribution is 2.16. The molecule has 0 spiro atoms. The van der Waals surface area contributed by atoms with Gasteiger partial charge in [0.1, 0.15) is 6.07 Å². The average molecular weight is 304 g/mol. The van der Waals surface area contributed by atoms with Crippen molar-refractivity contribution in [1.29, 1.82) is 5.26 Å².